The van der Waals surface area contributed by atoms with Crippen LogP contribution in [0.4, 0.5) is 0 Å². The normalized spacial score (nSPS) is 34.8. The number of nitrogens with one attached hydrogen (secondary N) is 1. The number of aliphatic imine (C=N–C) groups is 1. The van der Waals surface area contributed by atoms with Gasteiger partial charge < -0.3 is 5.32 Å². The first-order valence-electron chi connectivity index (χ1n) is 8.35. The van der Waals surface area contributed by atoms with E-state index in [0.29, 0.717) is 0 Å². The lowest BCUT2D eigenvalue weighted by molar-refractivity contribution is 0.310. The maximum atomic E-state index is 4.84. The van der Waals surface area contributed by atoms with Gasteiger partial charge in [-0.05, 0) is 31.1 Å². The highest BCUT2D eigenvalue weighted by Crippen LogP contribution is 2.32. The van der Waals surface area contributed by atoms with Crippen LogP contribution in [0, 0.1) is 11.8 Å². The topological polar surface area (TPSA) is 24.4 Å². The molecule has 3 aliphatic rings. The molecule has 0 aromatic heterocycles. The number of amidine groups is 1. The number of hydrogen-bond acceptors (Lipinski definition) is 2. The molecule has 0 aromatic rings. The Morgan fingerprint density at radius 1 is 1.00 bits per heavy atom. The molecule has 3 fully saturated rings. The molecule has 1 N–H and O–H groups in total. The van der Waals surface area contributed by atoms with E-state index in [1.54, 1.807) is 0 Å². The van der Waals surface area contributed by atoms with E-state index < -0.39 is 0 Å². The van der Waals surface area contributed by atoms with E-state index >= 15 is 0 Å². The third kappa shape index (κ3) is 3.90. The SMILES string of the molecule is C1CCC(CCN=C2NC3CCCCC3CS2)CC1. The second kappa shape index (κ2) is 7.01. The Hall–Kier alpha value is -0.180. The molecule has 1 heterocycles. The molecule has 0 bridgehead atoms. The summed E-state index contributed by atoms with van der Waals surface area (Å²) in [6, 6.07) is 0.739. The molecule has 0 aromatic carbocycles. The molecule has 2 atom stereocenters. The quantitative estimate of drug-likeness (QED) is 0.837. The summed E-state index contributed by atoms with van der Waals surface area (Å²) in [7, 11) is 0. The highest BCUT2D eigenvalue weighted by molar-refractivity contribution is 8.13. The van der Waals surface area contributed by atoms with Crippen molar-refractivity contribution >= 4 is 16.9 Å². The molecule has 108 valence electrons. The van der Waals surface area contributed by atoms with Gasteiger partial charge in [0.1, 0.15) is 0 Å². The molecule has 0 radical (unpaired) electrons. The third-order valence-corrected chi connectivity index (χ3v) is 6.28. The van der Waals surface area contributed by atoms with E-state index in [1.165, 1.54) is 75.1 Å². The van der Waals surface area contributed by atoms with Crippen LogP contribution in [0.15, 0.2) is 4.99 Å². The lowest BCUT2D eigenvalue weighted by atomic mass is 9.86. The Labute approximate surface area is 122 Å². The van der Waals surface area contributed by atoms with E-state index in [4.69, 9.17) is 4.99 Å². The number of thioether (sulfide) groups is 1. The van der Waals surface area contributed by atoms with Gasteiger partial charge in [0.25, 0.3) is 0 Å². The predicted molar refractivity (Wildman–Crippen MR) is 84.8 cm³/mol. The summed E-state index contributed by atoms with van der Waals surface area (Å²) >= 11 is 1.97. The average molecular weight is 280 g/mol. The average Bonchev–Trinajstić information content (AvgIpc) is 2.48. The van der Waals surface area contributed by atoms with Gasteiger partial charge in [-0.3, -0.25) is 4.99 Å². The van der Waals surface area contributed by atoms with Gasteiger partial charge >= 0.3 is 0 Å². The Morgan fingerprint density at radius 3 is 2.68 bits per heavy atom. The fourth-order valence-corrected chi connectivity index (χ4v) is 5.09. The summed E-state index contributed by atoms with van der Waals surface area (Å²) < 4.78 is 0. The number of rotatable bonds is 3. The van der Waals surface area contributed by atoms with Gasteiger partial charge in [0, 0.05) is 18.3 Å². The first-order chi connectivity index (χ1) is 9.42. The molecular weight excluding hydrogens is 252 g/mol. The zero-order valence-electron chi connectivity index (χ0n) is 12.1. The minimum Gasteiger partial charge on any atom is -0.362 e. The summed E-state index contributed by atoms with van der Waals surface area (Å²) in [4.78, 5) is 4.84. The van der Waals surface area contributed by atoms with Crippen LogP contribution in [0.3, 0.4) is 0 Å². The van der Waals surface area contributed by atoms with Crippen molar-refractivity contribution in [3.8, 4) is 0 Å². The van der Waals surface area contributed by atoms with Crippen molar-refractivity contribution in [2.45, 2.75) is 70.3 Å². The fraction of sp³-hybridized carbons (Fsp3) is 0.938. The summed E-state index contributed by atoms with van der Waals surface area (Å²) in [6.45, 7) is 1.05. The molecule has 1 saturated heterocycles. The van der Waals surface area contributed by atoms with Crippen molar-refractivity contribution in [1.82, 2.24) is 5.32 Å². The Balaban J connectivity index is 1.42. The highest BCUT2D eigenvalue weighted by atomic mass is 32.2. The summed E-state index contributed by atoms with van der Waals surface area (Å²) in [5.41, 5.74) is 0. The first-order valence-corrected chi connectivity index (χ1v) is 9.34. The third-order valence-electron chi connectivity index (χ3n) is 5.17. The van der Waals surface area contributed by atoms with Crippen LogP contribution in [0.5, 0.6) is 0 Å². The van der Waals surface area contributed by atoms with Gasteiger partial charge in [-0.25, -0.2) is 0 Å². The van der Waals surface area contributed by atoms with Gasteiger partial charge in [0.05, 0.1) is 0 Å². The minimum absolute atomic E-state index is 0.739. The Kier molecular flexibility index (Phi) is 5.09. The number of nitrogens with zero attached hydrogens (tertiary/aromatic N) is 1. The van der Waals surface area contributed by atoms with E-state index in [1.807, 2.05) is 11.8 Å². The fourth-order valence-electron chi connectivity index (χ4n) is 3.90. The summed E-state index contributed by atoms with van der Waals surface area (Å²) in [5, 5.41) is 4.96. The summed E-state index contributed by atoms with van der Waals surface area (Å²) in [5.74, 6) is 3.19. The van der Waals surface area contributed by atoms with E-state index in [2.05, 4.69) is 5.32 Å². The van der Waals surface area contributed by atoms with Gasteiger partial charge in [-0.1, -0.05) is 56.7 Å². The van der Waals surface area contributed by atoms with E-state index in [-0.39, 0.29) is 0 Å². The molecule has 19 heavy (non-hydrogen) atoms. The molecule has 2 aliphatic carbocycles. The zero-order valence-corrected chi connectivity index (χ0v) is 12.9. The highest BCUT2D eigenvalue weighted by Gasteiger charge is 2.30. The van der Waals surface area contributed by atoms with Crippen LogP contribution in [-0.4, -0.2) is 23.5 Å². The Morgan fingerprint density at radius 2 is 1.79 bits per heavy atom. The molecule has 1 aliphatic heterocycles. The van der Waals surface area contributed by atoms with Crippen LogP contribution >= 0.6 is 11.8 Å². The Bertz CT molecular complexity index is 310. The monoisotopic (exact) mass is 280 g/mol. The van der Waals surface area contributed by atoms with Gasteiger partial charge in [0.2, 0.25) is 0 Å². The summed E-state index contributed by atoms with van der Waals surface area (Å²) in [6.07, 6.45) is 14.3. The molecule has 0 spiro atoms. The molecule has 2 unspecified atom stereocenters. The van der Waals surface area contributed by atoms with E-state index in [9.17, 15) is 0 Å². The zero-order chi connectivity index (χ0) is 12.9. The van der Waals surface area contributed by atoms with Crippen molar-refractivity contribution in [3.05, 3.63) is 0 Å². The lowest BCUT2D eigenvalue weighted by Gasteiger charge is -2.36. The first kappa shape index (κ1) is 13.8. The number of hydrogen-bond donors (Lipinski definition) is 1. The molecular formula is C16H28N2S. The molecule has 0 amide bonds. The van der Waals surface area contributed by atoms with Crippen LogP contribution in [0.1, 0.15) is 64.2 Å². The van der Waals surface area contributed by atoms with Crippen LogP contribution in [-0.2, 0) is 0 Å². The van der Waals surface area contributed by atoms with Crippen molar-refractivity contribution in [3.63, 3.8) is 0 Å². The van der Waals surface area contributed by atoms with Crippen LogP contribution in [0.25, 0.3) is 0 Å². The second-order valence-corrected chi connectivity index (χ2v) is 7.59. The van der Waals surface area contributed by atoms with Crippen molar-refractivity contribution in [1.29, 1.82) is 0 Å². The molecule has 3 heteroatoms. The van der Waals surface area contributed by atoms with Crippen LogP contribution in [0.2, 0.25) is 0 Å². The van der Waals surface area contributed by atoms with Crippen molar-refractivity contribution in [2.75, 3.05) is 12.3 Å². The van der Waals surface area contributed by atoms with Crippen molar-refractivity contribution in [2.24, 2.45) is 16.8 Å². The number of fused-ring (bicyclic) bond motifs is 1. The predicted octanol–water partition coefficient (Wildman–Crippen LogP) is 4.21. The second-order valence-electron chi connectivity index (χ2n) is 6.59. The van der Waals surface area contributed by atoms with Crippen molar-refractivity contribution < 1.29 is 0 Å². The maximum absolute atomic E-state index is 4.84. The van der Waals surface area contributed by atoms with Gasteiger partial charge in [-0.2, -0.15) is 0 Å². The van der Waals surface area contributed by atoms with E-state index in [0.717, 1.165) is 24.4 Å². The molecule has 2 saturated carbocycles. The smallest absolute Gasteiger partial charge is 0.156 e. The standard InChI is InChI=1S/C16H28N2S/c1-2-6-13(7-3-1)10-11-17-16-18-15-9-5-4-8-14(15)12-19-16/h13-15H,1-12H2,(H,17,18). The van der Waals surface area contributed by atoms with Gasteiger partial charge in [0.15, 0.2) is 5.17 Å². The largest absolute Gasteiger partial charge is 0.362 e. The molecule has 3 rings (SSSR count). The lowest BCUT2D eigenvalue weighted by Crippen LogP contribution is -2.46. The van der Waals surface area contributed by atoms with Crippen LogP contribution < -0.4 is 5.32 Å². The minimum atomic E-state index is 0.739. The van der Waals surface area contributed by atoms with Gasteiger partial charge in [-0.15, -0.1) is 0 Å². The maximum Gasteiger partial charge on any atom is 0.156 e. The molecule has 2 nitrogen and oxygen atoms in total.